The molecule has 4 nitrogen and oxygen atoms in total. The van der Waals surface area contributed by atoms with Crippen molar-refractivity contribution in [1.82, 2.24) is 19.7 Å². The average Bonchev–Trinajstić information content (AvgIpc) is 2.85. The highest BCUT2D eigenvalue weighted by molar-refractivity contribution is 5.77. The molecule has 0 aromatic carbocycles. The second-order valence-electron chi connectivity index (χ2n) is 3.05. The summed E-state index contributed by atoms with van der Waals surface area (Å²) in [6.07, 6.45) is 7.42. The molecule has 0 unspecified atom stereocenters. The van der Waals surface area contributed by atoms with Crippen LogP contribution in [0.2, 0.25) is 0 Å². The summed E-state index contributed by atoms with van der Waals surface area (Å²) in [5.41, 5.74) is 3.11. The van der Waals surface area contributed by atoms with E-state index in [1.807, 2.05) is 35.2 Å². The first kappa shape index (κ1) is 7.32. The monoisotopic (exact) mass is 184 g/mol. The van der Waals surface area contributed by atoms with E-state index in [1.165, 1.54) is 0 Å². The van der Waals surface area contributed by atoms with Gasteiger partial charge in [-0.15, -0.1) is 0 Å². The molecule has 3 aromatic rings. The Hall–Kier alpha value is -2.10. The first-order chi connectivity index (χ1) is 6.95. The second-order valence-corrected chi connectivity index (χ2v) is 3.05. The van der Waals surface area contributed by atoms with Gasteiger partial charge in [0.15, 0.2) is 0 Å². The van der Waals surface area contributed by atoms with Gasteiger partial charge in [-0.05, 0) is 18.2 Å². The fourth-order valence-electron chi connectivity index (χ4n) is 1.57. The quantitative estimate of drug-likeness (QED) is 0.626. The van der Waals surface area contributed by atoms with Crippen LogP contribution in [0.1, 0.15) is 0 Å². The molecule has 0 spiro atoms. The number of nitrogens with one attached hydrogen (secondary N) is 1. The van der Waals surface area contributed by atoms with E-state index < -0.39 is 0 Å². The molecule has 68 valence electrons. The number of fused-ring (bicyclic) bond motifs is 1. The fourth-order valence-corrected chi connectivity index (χ4v) is 1.57. The van der Waals surface area contributed by atoms with Crippen LogP contribution in [0.5, 0.6) is 0 Å². The van der Waals surface area contributed by atoms with Crippen LogP contribution in [-0.4, -0.2) is 19.7 Å². The van der Waals surface area contributed by atoms with Crippen LogP contribution >= 0.6 is 0 Å². The molecule has 3 rings (SSSR count). The standard InChI is InChI=1S/C10H8N4/c1-2-10-9(11-4-1)3-5-14(10)8-6-12-13-7-8/h1-7H,(H,12,13). The maximum atomic E-state index is 4.26. The third-order valence-electron chi connectivity index (χ3n) is 2.22. The Kier molecular flexibility index (Phi) is 1.41. The molecule has 0 aliphatic rings. The zero-order valence-corrected chi connectivity index (χ0v) is 7.38. The highest BCUT2D eigenvalue weighted by Gasteiger charge is 2.02. The minimum Gasteiger partial charge on any atom is -0.312 e. The summed E-state index contributed by atoms with van der Waals surface area (Å²) < 4.78 is 2.05. The molecule has 0 fully saturated rings. The van der Waals surface area contributed by atoms with Gasteiger partial charge in [0.2, 0.25) is 0 Å². The van der Waals surface area contributed by atoms with Crippen LogP contribution < -0.4 is 0 Å². The molecule has 0 aliphatic heterocycles. The largest absolute Gasteiger partial charge is 0.312 e. The molecule has 0 atom stereocenters. The van der Waals surface area contributed by atoms with E-state index in [0.29, 0.717) is 0 Å². The number of aromatic amines is 1. The zero-order valence-electron chi connectivity index (χ0n) is 7.38. The summed E-state index contributed by atoms with van der Waals surface area (Å²) in [7, 11) is 0. The van der Waals surface area contributed by atoms with Crippen LogP contribution in [0.3, 0.4) is 0 Å². The summed E-state index contributed by atoms with van der Waals surface area (Å²) in [6.45, 7) is 0. The topological polar surface area (TPSA) is 46.5 Å². The summed E-state index contributed by atoms with van der Waals surface area (Å²) in [5, 5.41) is 6.71. The lowest BCUT2D eigenvalue weighted by molar-refractivity contribution is 1.09. The van der Waals surface area contributed by atoms with Gasteiger partial charge >= 0.3 is 0 Å². The molecule has 0 aliphatic carbocycles. The summed E-state index contributed by atoms with van der Waals surface area (Å²) in [6, 6.07) is 5.95. The van der Waals surface area contributed by atoms with Gasteiger partial charge in [0.25, 0.3) is 0 Å². The molecule has 3 aromatic heterocycles. The minimum absolute atomic E-state index is 0.994. The van der Waals surface area contributed by atoms with Crippen molar-refractivity contribution in [1.29, 1.82) is 0 Å². The molecule has 0 saturated heterocycles. The van der Waals surface area contributed by atoms with Crippen molar-refractivity contribution in [3.63, 3.8) is 0 Å². The van der Waals surface area contributed by atoms with Crippen LogP contribution in [0.25, 0.3) is 16.7 Å². The molecule has 14 heavy (non-hydrogen) atoms. The lowest BCUT2D eigenvalue weighted by atomic mass is 10.4. The van der Waals surface area contributed by atoms with Gasteiger partial charge < -0.3 is 4.57 Å². The van der Waals surface area contributed by atoms with E-state index in [2.05, 4.69) is 15.2 Å². The van der Waals surface area contributed by atoms with Crippen molar-refractivity contribution >= 4 is 11.0 Å². The molecule has 0 amide bonds. The van der Waals surface area contributed by atoms with Gasteiger partial charge in [-0.3, -0.25) is 10.1 Å². The van der Waals surface area contributed by atoms with Crippen molar-refractivity contribution in [2.75, 3.05) is 0 Å². The number of nitrogens with zero attached hydrogens (tertiary/aromatic N) is 3. The third kappa shape index (κ3) is 0.939. The Morgan fingerprint density at radius 1 is 1.29 bits per heavy atom. The Morgan fingerprint density at radius 3 is 3.14 bits per heavy atom. The van der Waals surface area contributed by atoms with Crippen LogP contribution in [0, 0.1) is 0 Å². The Balaban J connectivity index is 2.33. The fraction of sp³-hybridized carbons (Fsp3) is 0. The van der Waals surface area contributed by atoms with Gasteiger partial charge in [-0.1, -0.05) is 0 Å². The van der Waals surface area contributed by atoms with Crippen molar-refractivity contribution in [3.8, 4) is 5.69 Å². The van der Waals surface area contributed by atoms with E-state index in [9.17, 15) is 0 Å². The third-order valence-corrected chi connectivity index (χ3v) is 2.22. The van der Waals surface area contributed by atoms with Crippen molar-refractivity contribution in [2.45, 2.75) is 0 Å². The lowest BCUT2D eigenvalue weighted by Gasteiger charge is -1.99. The summed E-state index contributed by atoms with van der Waals surface area (Å²) in [5.74, 6) is 0. The lowest BCUT2D eigenvalue weighted by Crippen LogP contribution is -1.88. The Labute approximate surface area is 80.2 Å². The Bertz CT molecular complexity index is 550. The molecular weight excluding hydrogens is 176 g/mol. The highest BCUT2D eigenvalue weighted by Crippen LogP contribution is 2.16. The first-order valence-electron chi connectivity index (χ1n) is 4.36. The van der Waals surface area contributed by atoms with Gasteiger partial charge in [-0.2, -0.15) is 5.10 Å². The van der Waals surface area contributed by atoms with E-state index >= 15 is 0 Å². The maximum absolute atomic E-state index is 4.26. The SMILES string of the molecule is c1cnc2ccn(-c3cn[nH]c3)c2c1. The molecule has 1 N–H and O–H groups in total. The number of pyridine rings is 1. The van der Waals surface area contributed by atoms with Gasteiger partial charge in [0, 0.05) is 18.6 Å². The molecule has 4 heteroatoms. The van der Waals surface area contributed by atoms with Crippen molar-refractivity contribution in [3.05, 3.63) is 43.0 Å². The zero-order chi connectivity index (χ0) is 9.38. The van der Waals surface area contributed by atoms with Crippen LogP contribution in [-0.2, 0) is 0 Å². The number of hydrogen-bond acceptors (Lipinski definition) is 2. The van der Waals surface area contributed by atoms with E-state index in [0.717, 1.165) is 16.7 Å². The molecular formula is C10H8N4. The predicted octanol–water partition coefficient (Wildman–Crippen LogP) is 1.75. The number of aromatic nitrogens is 4. The van der Waals surface area contributed by atoms with Gasteiger partial charge in [-0.25, -0.2) is 0 Å². The van der Waals surface area contributed by atoms with E-state index in [-0.39, 0.29) is 0 Å². The molecule has 0 bridgehead atoms. The summed E-state index contributed by atoms with van der Waals surface area (Å²) >= 11 is 0. The van der Waals surface area contributed by atoms with Gasteiger partial charge in [0.1, 0.15) is 0 Å². The molecule has 3 heterocycles. The van der Waals surface area contributed by atoms with E-state index in [4.69, 9.17) is 0 Å². The number of hydrogen-bond donors (Lipinski definition) is 1. The summed E-state index contributed by atoms with van der Waals surface area (Å²) in [4.78, 5) is 4.26. The van der Waals surface area contributed by atoms with Crippen molar-refractivity contribution < 1.29 is 0 Å². The van der Waals surface area contributed by atoms with Crippen LogP contribution in [0.4, 0.5) is 0 Å². The average molecular weight is 184 g/mol. The first-order valence-corrected chi connectivity index (χ1v) is 4.36. The highest BCUT2D eigenvalue weighted by atomic mass is 15.1. The second kappa shape index (κ2) is 2.70. The van der Waals surface area contributed by atoms with Crippen LogP contribution in [0.15, 0.2) is 43.0 Å². The van der Waals surface area contributed by atoms with E-state index in [1.54, 1.807) is 12.4 Å². The van der Waals surface area contributed by atoms with Crippen molar-refractivity contribution in [2.24, 2.45) is 0 Å². The van der Waals surface area contributed by atoms with Gasteiger partial charge in [0.05, 0.1) is 22.9 Å². The smallest absolute Gasteiger partial charge is 0.0884 e. The normalized spacial score (nSPS) is 10.9. The Morgan fingerprint density at radius 2 is 2.29 bits per heavy atom. The number of H-pyrrole nitrogens is 1. The maximum Gasteiger partial charge on any atom is 0.0884 e. The predicted molar refractivity (Wildman–Crippen MR) is 53.2 cm³/mol. The minimum atomic E-state index is 0.994. The number of rotatable bonds is 1. The molecule has 0 saturated carbocycles. The molecule has 0 radical (unpaired) electrons.